The van der Waals surface area contributed by atoms with E-state index in [9.17, 15) is 8.78 Å². The summed E-state index contributed by atoms with van der Waals surface area (Å²) < 4.78 is 34.5. The van der Waals surface area contributed by atoms with Crippen LogP contribution in [-0.4, -0.2) is 16.7 Å². The Kier molecular flexibility index (Phi) is 3.90. The van der Waals surface area contributed by atoms with E-state index in [0.29, 0.717) is 30.0 Å². The van der Waals surface area contributed by atoms with E-state index in [0.717, 1.165) is 11.4 Å². The molecular formula is C17H17F2N3O. The largest absolute Gasteiger partial charge is 0.498 e. The lowest BCUT2D eigenvalue weighted by Gasteiger charge is -2.17. The normalized spacial score (nSPS) is 14.9. The zero-order chi connectivity index (χ0) is 16.6. The Morgan fingerprint density at radius 3 is 2.70 bits per heavy atom. The summed E-state index contributed by atoms with van der Waals surface area (Å²) >= 11 is 0. The lowest BCUT2D eigenvalue weighted by atomic mass is 10.1. The average Bonchev–Trinajstić information content (AvgIpc) is 2.92. The fourth-order valence-corrected chi connectivity index (χ4v) is 2.64. The lowest BCUT2D eigenvalue weighted by Crippen LogP contribution is -2.05. The molecular weight excluding hydrogens is 300 g/mol. The van der Waals surface area contributed by atoms with E-state index in [2.05, 4.69) is 4.98 Å². The fourth-order valence-electron chi connectivity index (χ4n) is 2.64. The molecule has 2 aromatic rings. The SMILES string of the molecule is COC1=C(F)C=C(n2cc(C)nc2-c2ccc(N)c(F)c2)CC1. The van der Waals surface area contributed by atoms with E-state index in [-0.39, 0.29) is 5.69 Å². The van der Waals surface area contributed by atoms with Crippen molar-refractivity contribution in [3.8, 4) is 11.4 Å². The standard InChI is InChI=1S/C17H17F2N3O/c1-10-9-22(12-4-6-16(23-2)14(19)8-12)17(21-10)11-3-5-15(20)13(18)7-11/h3,5,7-9H,4,6,20H2,1-2H3. The molecule has 1 aromatic carbocycles. The highest BCUT2D eigenvalue weighted by Crippen LogP contribution is 2.32. The Morgan fingerprint density at radius 2 is 2.04 bits per heavy atom. The number of hydrogen-bond acceptors (Lipinski definition) is 3. The van der Waals surface area contributed by atoms with Gasteiger partial charge in [0.25, 0.3) is 0 Å². The molecule has 1 heterocycles. The topological polar surface area (TPSA) is 53.1 Å². The zero-order valence-corrected chi connectivity index (χ0v) is 12.9. The zero-order valence-electron chi connectivity index (χ0n) is 12.9. The smallest absolute Gasteiger partial charge is 0.162 e. The second kappa shape index (κ2) is 5.87. The van der Waals surface area contributed by atoms with Crippen molar-refractivity contribution in [1.29, 1.82) is 0 Å². The fraction of sp³-hybridized carbons (Fsp3) is 0.235. The third-order valence-electron chi connectivity index (χ3n) is 3.81. The number of allylic oxidation sites excluding steroid dienone is 4. The summed E-state index contributed by atoms with van der Waals surface area (Å²) in [6.45, 7) is 1.84. The highest BCUT2D eigenvalue weighted by Gasteiger charge is 2.19. The summed E-state index contributed by atoms with van der Waals surface area (Å²) in [5.41, 5.74) is 7.70. The summed E-state index contributed by atoms with van der Waals surface area (Å²) in [6, 6.07) is 4.54. The van der Waals surface area contributed by atoms with E-state index in [1.54, 1.807) is 16.8 Å². The van der Waals surface area contributed by atoms with Crippen LogP contribution in [0.15, 0.2) is 42.1 Å². The van der Waals surface area contributed by atoms with Crippen molar-refractivity contribution in [2.45, 2.75) is 19.8 Å². The number of nitrogens with two attached hydrogens (primary N) is 1. The molecule has 0 bridgehead atoms. The van der Waals surface area contributed by atoms with Gasteiger partial charge in [-0.1, -0.05) is 0 Å². The van der Waals surface area contributed by atoms with Crippen LogP contribution < -0.4 is 5.73 Å². The maximum atomic E-state index is 14.0. The van der Waals surface area contributed by atoms with Gasteiger partial charge in [-0.25, -0.2) is 13.8 Å². The van der Waals surface area contributed by atoms with Gasteiger partial charge >= 0.3 is 0 Å². The van der Waals surface area contributed by atoms with Gasteiger partial charge in [0.1, 0.15) is 17.4 Å². The first-order valence-corrected chi connectivity index (χ1v) is 7.24. The van der Waals surface area contributed by atoms with Crippen molar-refractivity contribution in [2.24, 2.45) is 0 Å². The van der Waals surface area contributed by atoms with Crippen molar-refractivity contribution in [1.82, 2.24) is 9.55 Å². The van der Waals surface area contributed by atoms with E-state index in [1.165, 1.54) is 25.3 Å². The number of rotatable bonds is 3. The number of aromatic nitrogens is 2. The molecule has 1 aromatic heterocycles. The minimum Gasteiger partial charge on any atom is -0.498 e. The number of hydrogen-bond donors (Lipinski definition) is 1. The van der Waals surface area contributed by atoms with Crippen LogP contribution in [0, 0.1) is 12.7 Å². The van der Waals surface area contributed by atoms with E-state index < -0.39 is 11.6 Å². The van der Waals surface area contributed by atoms with Gasteiger partial charge in [-0.3, -0.25) is 0 Å². The van der Waals surface area contributed by atoms with Crippen molar-refractivity contribution < 1.29 is 13.5 Å². The van der Waals surface area contributed by atoms with E-state index in [4.69, 9.17) is 10.5 Å². The number of nitrogen functional groups attached to an aromatic ring is 1. The summed E-state index contributed by atoms with van der Waals surface area (Å²) in [6.07, 6.45) is 4.32. The lowest BCUT2D eigenvalue weighted by molar-refractivity contribution is 0.262. The number of aryl methyl sites for hydroxylation is 1. The second-order valence-electron chi connectivity index (χ2n) is 5.42. The number of methoxy groups -OCH3 is 1. The molecule has 0 fully saturated rings. The van der Waals surface area contributed by atoms with Crippen LogP contribution in [0.5, 0.6) is 0 Å². The number of imidazole rings is 1. The van der Waals surface area contributed by atoms with Crippen LogP contribution in [-0.2, 0) is 4.74 Å². The number of nitrogens with zero attached hydrogens (tertiary/aromatic N) is 2. The molecule has 1 aliphatic carbocycles. The maximum Gasteiger partial charge on any atom is 0.162 e. The number of ether oxygens (including phenoxy) is 1. The van der Waals surface area contributed by atoms with Gasteiger partial charge in [-0.2, -0.15) is 0 Å². The summed E-state index contributed by atoms with van der Waals surface area (Å²) in [5.74, 6) is 0.00148. The number of benzene rings is 1. The van der Waals surface area contributed by atoms with Crippen LogP contribution in [0.4, 0.5) is 14.5 Å². The first-order chi connectivity index (χ1) is 11.0. The molecule has 2 N–H and O–H groups in total. The minimum atomic E-state index is -0.500. The van der Waals surface area contributed by atoms with Crippen LogP contribution in [0.1, 0.15) is 18.5 Å². The van der Waals surface area contributed by atoms with Crippen LogP contribution >= 0.6 is 0 Å². The van der Waals surface area contributed by atoms with Crippen molar-refractivity contribution in [3.05, 3.63) is 53.6 Å². The van der Waals surface area contributed by atoms with Crippen molar-refractivity contribution >= 4 is 11.4 Å². The molecule has 1 aliphatic rings. The molecule has 3 rings (SSSR count). The van der Waals surface area contributed by atoms with E-state index in [1.807, 2.05) is 6.92 Å². The van der Waals surface area contributed by atoms with Gasteiger partial charge in [0.15, 0.2) is 5.83 Å². The molecule has 0 atom stereocenters. The molecule has 0 radical (unpaired) electrons. The van der Waals surface area contributed by atoms with Gasteiger partial charge < -0.3 is 15.0 Å². The Balaban J connectivity index is 2.08. The first-order valence-electron chi connectivity index (χ1n) is 7.24. The quantitative estimate of drug-likeness (QED) is 0.869. The van der Waals surface area contributed by atoms with Crippen LogP contribution in [0.3, 0.4) is 0 Å². The van der Waals surface area contributed by atoms with Gasteiger partial charge in [-0.15, -0.1) is 0 Å². The van der Waals surface area contributed by atoms with Gasteiger partial charge in [0.2, 0.25) is 0 Å². The monoisotopic (exact) mass is 317 g/mol. The third-order valence-corrected chi connectivity index (χ3v) is 3.81. The van der Waals surface area contributed by atoms with E-state index >= 15 is 0 Å². The highest BCUT2D eigenvalue weighted by molar-refractivity contribution is 5.66. The Bertz CT molecular complexity index is 821. The van der Waals surface area contributed by atoms with Crippen LogP contribution in [0.2, 0.25) is 0 Å². The van der Waals surface area contributed by atoms with Gasteiger partial charge in [-0.05, 0) is 37.6 Å². The Labute approximate surface area is 132 Å². The molecule has 23 heavy (non-hydrogen) atoms. The van der Waals surface area contributed by atoms with Crippen LogP contribution in [0.25, 0.3) is 17.1 Å². The molecule has 0 spiro atoms. The molecule has 0 aliphatic heterocycles. The van der Waals surface area contributed by atoms with Crippen molar-refractivity contribution in [2.75, 3.05) is 12.8 Å². The predicted molar refractivity (Wildman–Crippen MR) is 85.4 cm³/mol. The molecule has 0 amide bonds. The Hall–Kier alpha value is -2.63. The minimum absolute atomic E-state index is 0.0826. The molecule has 0 saturated carbocycles. The maximum absolute atomic E-state index is 14.0. The predicted octanol–water partition coefficient (Wildman–Crippen LogP) is 4.04. The molecule has 0 unspecified atom stereocenters. The highest BCUT2D eigenvalue weighted by atomic mass is 19.1. The van der Waals surface area contributed by atoms with Gasteiger partial charge in [0, 0.05) is 23.9 Å². The third kappa shape index (κ3) is 2.84. The van der Waals surface area contributed by atoms with Crippen molar-refractivity contribution in [3.63, 3.8) is 0 Å². The average molecular weight is 317 g/mol. The number of halogens is 2. The molecule has 4 nitrogen and oxygen atoms in total. The summed E-state index contributed by atoms with van der Waals surface area (Å²) in [7, 11) is 1.46. The molecule has 120 valence electrons. The second-order valence-corrected chi connectivity index (χ2v) is 5.42. The summed E-state index contributed by atoms with van der Waals surface area (Å²) in [4.78, 5) is 4.44. The molecule has 0 saturated heterocycles. The van der Waals surface area contributed by atoms with Gasteiger partial charge in [0.05, 0.1) is 18.5 Å². The first kappa shape index (κ1) is 15.3. The number of anilines is 1. The molecule has 6 heteroatoms. The Morgan fingerprint density at radius 1 is 1.26 bits per heavy atom. The summed E-state index contributed by atoms with van der Waals surface area (Å²) in [5, 5.41) is 0.